The maximum absolute atomic E-state index is 12.8. The van der Waals surface area contributed by atoms with Crippen molar-refractivity contribution < 1.29 is 8.42 Å². The molecule has 5 heteroatoms. The van der Waals surface area contributed by atoms with Crippen molar-refractivity contribution in [2.75, 3.05) is 12.3 Å². The lowest BCUT2D eigenvalue weighted by molar-refractivity contribution is 0.292. The van der Waals surface area contributed by atoms with E-state index in [9.17, 15) is 8.42 Å². The summed E-state index contributed by atoms with van der Waals surface area (Å²) in [6.07, 6.45) is 4.26. The number of nitrogens with zero attached hydrogens (tertiary/aromatic N) is 1. The van der Waals surface area contributed by atoms with Crippen molar-refractivity contribution >= 4 is 15.7 Å². The van der Waals surface area contributed by atoms with Gasteiger partial charge in [0.15, 0.2) is 0 Å². The summed E-state index contributed by atoms with van der Waals surface area (Å²) in [7, 11) is -3.27. The molecule has 0 unspecified atom stereocenters. The molecule has 1 aliphatic rings. The maximum Gasteiger partial charge on any atom is 0.218 e. The van der Waals surface area contributed by atoms with Crippen LogP contribution in [0.15, 0.2) is 24.3 Å². The highest BCUT2D eigenvalue weighted by atomic mass is 32.2. The third-order valence-corrected chi connectivity index (χ3v) is 5.82. The molecule has 1 aromatic carbocycles. The van der Waals surface area contributed by atoms with E-state index in [1.165, 1.54) is 0 Å². The summed E-state index contributed by atoms with van der Waals surface area (Å²) in [5, 5.41) is 0. The van der Waals surface area contributed by atoms with E-state index in [0.717, 1.165) is 31.2 Å². The van der Waals surface area contributed by atoms with Gasteiger partial charge in [-0.1, -0.05) is 38.8 Å². The maximum atomic E-state index is 12.8. The minimum Gasteiger partial charge on any atom is -0.399 e. The van der Waals surface area contributed by atoms with Crippen LogP contribution in [0.4, 0.5) is 5.69 Å². The summed E-state index contributed by atoms with van der Waals surface area (Å²) in [5.41, 5.74) is 7.12. The van der Waals surface area contributed by atoms with E-state index < -0.39 is 10.0 Å². The van der Waals surface area contributed by atoms with E-state index in [2.05, 4.69) is 13.8 Å². The van der Waals surface area contributed by atoms with Crippen LogP contribution in [0.1, 0.15) is 45.1 Å². The van der Waals surface area contributed by atoms with Crippen LogP contribution in [-0.2, 0) is 15.8 Å². The molecule has 1 aromatic rings. The molecule has 0 saturated heterocycles. The van der Waals surface area contributed by atoms with E-state index in [1.54, 1.807) is 28.6 Å². The molecule has 1 saturated carbocycles. The standard InChI is InChI=1S/C16H26N2O2S/c1-13(2)11-18(16-5-3-4-6-16)21(19,20)12-14-7-9-15(17)10-8-14/h7-10,13,16H,3-6,11-12,17H2,1-2H3. The molecule has 0 bridgehead atoms. The molecule has 0 spiro atoms. The Labute approximate surface area is 128 Å². The van der Waals surface area contributed by atoms with E-state index >= 15 is 0 Å². The molecule has 1 fully saturated rings. The van der Waals surface area contributed by atoms with Crippen LogP contribution in [0.5, 0.6) is 0 Å². The molecule has 2 rings (SSSR count). The second kappa shape index (κ2) is 6.79. The minimum atomic E-state index is -3.27. The van der Waals surface area contributed by atoms with Crippen molar-refractivity contribution in [3.8, 4) is 0 Å². The lowest BCUT2D eigenvalue weighted by Crippen LogP contribution is -2.41. The van der Waals surface area contributed by atoms with Crippen LogP contribution in [0.2, 0.25) is 0 Å². The van der Waals surface area contributed by atoms with Gasteiger partial charge in [0.2, 0.25) is 10.0 Å². The molecule has 118 valence electrons. The van der Waals surface area contributed by atoms with Gasteiger partial charge in [-0.25, -0.2) is 8.42 Å². The molecule has 0 aliphatic heterocycles. The summed E-state index contributed by atoms with van der Waals surface area (Å²) < 4.78 is 27.4. The Hall–Kier alpha value is -1.07. The molecule has 0 atom stereocenters. The van der Waals surface area contributed by atoms with Crippen LogP contribution < -0.4 is 5.73 Å². The highest BCUT2D eigenvalue weighted by Gasteiger charge is 2.32. The second-order valence-electron chi connectivity index (χ2n) is 6.40. The lowest BCUT2D eigenvalue weighted by atomic mass is 10.2. The predicted molar refractivity (Wildman–Crippen MR) is 87.3 cm³/mol. The highest BCUT2D eigenvalue weighted by molar-refractivity contribution is 7.88. The Morgan fingerprint density at radius 2 is 1.76 bits per heavy atom. The summed E-state index contributed by atoms with van der Waals surface area (Å²) in [6, 6.07) is 7.30. The third-order valence-electron chi connectivity index (χ3n) is 3.96. The minimum absolute atomic E-state index is 0.0660. The predicted octanol–water partition coefficient (Wildman–Crippen LogP) is 3.00. The third kappa shape index (κ3) is 4.45. The van der Waals surface area contributed by atoms with Gasteiger partial charge >= 0.3 is 0 Å². The monoisotopic (exact) mass is 310 g/mol. The fraction of sp³-hybridized carbons (Fsp3) is 0.625. The average molecular weight is 310 g/mol. The van der Waals surface area contributed by atoms with Crippen molar-refractivity contribution in [2.24, 2.45) is 5.92 Å². The first-order chi connectivity index (χ1) is 9.88. The Morgan fingerprint density at radius 3 is 2.29 bits per heavy atom. The van der Waals surface area contributed by atoms with Crippen molar-refractivity contribution in [1.29, 1.82) is 0 Å². The molecule has 0 aromatic heterocycles. The molecular formula is C16H26N2O2S. The van der Waals surface area contributed by atoms with Crippen LogP contribution >= 0.6 is 0 Å². The lowest BCUT2D eigenvalue weighted by Gasteiger charge is -2.29. The van der Waals surface area contributed by atoms with Crippen LogP contribution in [0, 0.1) is 5.92 Å². The molecule has 4 nitrogen and oxygen atoms in total. The fourth-order valence-electron chi connectivity index (χ4n) is 2.95. The van der Waals surface area contributed by atoms with Gasteiger partial charge in [-0.15, -0.1) is 0 Å². The molecule has 0 radical (unpaired) electrons. The summed E-state index contributed by atoms with van der Waals surface area (Å²) in [5.74, 6) is 0.406. The quantitative estimate of drug-likeness (QED) is 0.822. The van der Waals surface area contributed by atoms with E-state index in [4.69, 9.17) is 5.73 Å². The number of hydrogen-bond donors (Lipinski definition) is 1. The first-order valence-corrected chi connectivity index (χ1v) is 9.33. The topological polar surface area (TPSA) is 63.4 Å². The number of anilines is 1. The zero-order valence-electron chi connectivity index (χ0n) is 13.0. The molecular weight excluding hydrogens is 284 g/mol. The Kier molecular flexibility index (Phi) is 5.27. The van der Waals surface area contributed by atoms with Crippen LogP contribution in [0.3, 0.4) is 0 Å². The molecule has 0 heterocycles. The number of sulfonamides is 1. The fourth-order valence-corrected chi connectivity index (χ4v) is 4.92. The van der Waals surface area contributed by atoms with Gasteiger partial charge in [0.05, 0.1) is 5.75 Å². The molecule has 21 heavy (non-hydrogen) atoms. The van der Waals surface area contributed by atoms with Gasteiger partial charge in [-0.05, 0) is 36.5 Å². The van der Waals surface area contributed by atoms with Gasteiger partial charge in [0.25, 0.3) is 0 Å². The summed E-state index contributed by atoms with van der Waals surface area (Å²) in [4.78, 5) is 0. The smallest absolute Gasteiger partial charge is 0.218 e. The van der Waals surface area contributed by atoms with Crippen LogP contribution in [-0.4, -0.2) is 25.3 Å². The molecule has 2 N–H and O–H groups in total. The number of nitrogens with two attached hydrogens (primary N) is 1. The number of hydrogen-bond acceptors (Lipinski definition) is 3. The van der Waals surface area contributed by atoms with E-state index in [0.29, 0.717) is 18.2 Å². The number of rotatable bonds is 6. The first-order valence-electron chi connectivity index (χ1n) is 7.72. The number of nitrogen functional groups attached to an aromatic ring is 1. The number of benzene rings is 1. The van der Waals surface area contributed by atoms with Crippen molar-refractivity contribution in [2.45, 2.75) is 51.3 Å². The zero-order valence-corrected chi connectivity index (χ0v) is 13.8. The zero-order chi connectivity index (χ0) is 15.5. The largest absolute Gasteiger partial charge is 0.399 e. The van der Waals surface area contributed by atoms with Gasteiger partial charge in [-0.2, -0.15) is 4.31 Å². The second-order valence-corrected chi connectivity index (χ2v) is 8.32. The molecule has 1 aliphatic carbocycles. The Bertz CT molecular complexity index is 546. The van der Waals surface area contributed by atoms with Gasteiger partial charge < -0.3 is 5.73 Å². The summed E-state index contributed by atoms with van der Waals surface area (Å²) in [6.45, 7) is 4.75. The van der Waals surface area contributed by atoms with Gasteiger partial charge in [0, 0.05) is 18.3 Å². The Balaban J connectivity index is 2.17. The molecule has 0 amide bonds. The first kappa shape index (κ1) is 16.3. The van der Waals surface area contributed by atoms with E-state index in [1.807, 2.05) is 0 Å². The van der Waals surface area contributed by atoms with Gasteiger partial charge in [-0.3, -0.25) is 0 Å². The van der Waals surface area contributed by atoms with Crippen LogP contribution in [0.25, 0.3) is 0 Å². The van der Waals surface area contributed by atoms with E-state index in [-0.39, 0.29) is 11.8 Å². The normalized spacial score (nSPS) is 17.0. The highest BCUT2D eigenvalue weighted by Crippen LogP contribution is 2.28. The average Bonchev–Trinajstić information content (AvgIpc) is 2.92. The van der Waals surface area contributed by atoms with Gasteiger partial charge in [0.1, 0.15) is 0 Å². The van der Waals surface area contributed by atoms with Crippen molar-refractivity contribution in [1.82, 2.24) is 4.31 Å². The summed E-state index contributed by atoms with van der Waals surface area (Å²) >= 11 is 0. The van der Waals surface area contributed by atoms with Crippen molar-refractivity contribution in [3.05, 3.63) is 29.8 Å². The Morgan fingerprint density at radius 1 is 1.19 bits per heavy atom. The van der Waals surface area contributed by atoms with Crippen molar-refractivity contribution in [3.63, 3.8) is 0 Å². The SMILES string of the molecule is CC(C)CN(C1CCCC1)S(=O)(=O)Cc1ccc(N)cc1.